The topological polar surface area (TPSA) is 61.4 Å². The molecule has 1 saturated heterocycles. The summed E-state index contributed by atoms with van der Waals surface area (Å²) >= 11 is 0. The summed E-state index contributed by atoms with van der Waals surface area (Å²) in [7, 11) is 0. The first-order valence-corrected chi connectivity index (χ1v) is 4.27. The van der Waals surface area contributed by atoms with Gasteiger partial charge in [0.1, 0.15) is 6.04 Å². The fourth-order valence-electron chi connectivity index (χ4n) is 1.51. The molecule has 1 rings (SSSR count). The van der Waals surface area contributed by atoms with Crippen molar-refractivity contribution in [3.05, 3.63) is 0 Å². The van der Waals surface area contributed by atoms with Gasteiger partial charge in [0, 0.05) is 18.1 Å². The highest BCUT2D eigenvalue weighted by molar-refractivity contribution is 5.74. The molecule has 0 aromatic heterocycles. The van der Waals surface area contributed by atoms with Gasteiger partial charge in [-0.05, 0) is 20.8 Å². The highest BCUT2D eigenvalue weighted by atomic mass is 16.4. The summed E-state index contributed by atoms with van der Waals surface area (Å²) in [6.07, 6.45) is 0. The first kappa shape index (κ1) is 9.48. The van der Waals surface area contributed by atoms with Crippen molar-refractivity contribution in [1.29, 1.82) is 0 Å². The second-order valence-corrected chi connectivity index (χ2v) is 3.52. The van der Waals surface area contributed by atoms with E-state index in [0.717, 1.165) is 0 Å². The minimum absolute atomic E-state index is 0.00583. The summed E-state index contributed by atoms with van der Waals surface area (Å²) in [6, 6.07) is 0.0720. The second kappa shape index (κ2) is 3.41. The summed E-state index contributed by atoms with van der Waals surface area (Å²) < 4.78 is 0. The Kier molecular flexibility index (Phi) is 2.69. The Morgan fingerprint density at radius 1 is 1.08 bits per heavy atom. The second-order valence-electron chi connectivity index (χ2n) is 3.52. The van der Waals surface area contributed by atoms with Crippen LogP contribution in [0.15, 0.2) is 0 Å². The van der Waals surface area contributed by atoms with E-state index in [0.29, 0.717) is 6.04 Å². The standard InChI is InChI=1S/C8H16N2O2/c1-4-5(2)10-7(8(11)12)6(3)9-4/h4-7,9-10H,1-3H3,(H,11,12)/t4-,5-,6+,7+/m1/s1. The summed E-state index contributed by atoms with van der Waals surface area (Å²) in [6.45, 7) is 5.92. The van der Waals surface area contributed by atoms with Crippen molar-refractivity contribution < 1.29 is 9.90 Å². The third kappa shape index (κ3) is 1.76. The lowest BCUT2D eigenvalue weighted by Gasteiger charge is -2.37. The molecule has 0 aliphatic carbocycles. The molecule has 0 aromatic rings. The van der Waals surface area contributed by atoms with Gasteiger partial charge in [0.05, 0.1) is 0 Å². The van der Waals surface area contributed by atoms with Crippen LogP contribution in [0, 0.1) is 0 Å². The molecule has 1 heterocycles. The molecule has 3 N–H and O–H groups in total. The molecule has 0 spiro atoms. The predicted molar refractivity (Wildman–Crippen MR) is 46.1 cm³/mol. The van der Waals surface area contributed by atoms with E-state index >= 15 is 0 Å². The SMILES string of the molecule is C[C@@H]1N[C@H](C)[C@@H](C)N[C@@H]1C(=O)O. The van der Waals surface area contributed by atoms with E-state index in [1.807, 2.05) is 20.8 Å². The minimum atomic E-state index is -0.784. The van der Waals surface area contributed by atoms with Gasteiger partial charge in [0.25, 0.3) is 0 Å². The molecular formula is C8H16N2O2. The highest BCUT2D eigenvalue weighted by Gasteiger charge is 2.33. The van der Waals surface area contributed by atoms with E-state index in [1.54, 1.807) is 0 Å². The maximum atomic E-state index is 10.7. The average molecular weight is 172 g/mol. The maximum Gasteiger partial charge on any atom is 0.322 e. The van der Waals surface area contributed by atoms with Gasteiger partial charge < -0.3 is 10.4 Å². The van der Waals surface area contributed by atoms with Crippen LogP contribution >= 0.6 is 0 Å². The van der Waals surface area contributed by atoms with Crippen molar-refractivity contribution in [2.75, 3.05) is 0 Å². The molecule has 1 fully saturated rings. The smallest absolute Gasteiger partial charge is 0.322 e. The Morgan fingerprint density at radius 3 is 2.08 bits per heavy atom. The number of carboxylic acid groups (broad SMARTS) is 1. The van der Waals surface area contributed by atoms with Crippen LogP contribution in [0.5, 0.6) is 0 Å². The quantitative estimate of drug-likeness (QED) is 0.512. The van der Waals surface area contributed by atoms with Crippen molar-refractivity contribution in [3.8, 4) is 0 Å². The normalized spacial score (nSPS) is 42.6. The molecule has 0 amide bonds. The van der Waals surface area contributed by atoms with Crippen LogP contribution in [0.1, 0.15) is 20.8 Å². The number of carboxylic acids is 1. The Bertz CT molecular complexity index is 184. The van der Waals surface area contributed by atoms with Crippen LogP contribution in [-0.4, -0.2) is 35.2 Å². The van der Waals surface area contributed by atoms with Crippen LogP contribution in [0.3, 0.4) is 0 Å². The van der Waals surface area contributed by atoms with E-state index < -0.39 is 12.0 Å². The third-order valence-corrected chi connectivity index (χ3v) is 2.48. The van der Waals surface area contributed by atoms with Gasteiger partial charge in [0.2, 0.25) is 0 Å². The van der Waals surface area contributed by atoms with Crippen molar-refractivity contribution >= 4 is 5.97 Å². The van der Waals surface area contributed by atoms with Crippen LogP contribution in [0.2, 0.25) is 0 Å². The molecule has 1 aliphatic heterocycles. The maximum absolute atomic E-state index is 10.7. The molecule has 0 unspecified atom stereocenters. The van der Waals surface area contributed by atoms with Gasteiger partial charge in [-0.1, -0.05) is 0 Å². The molecule has 0 bridgehead atoms. The lowest BCUT2D eigenvalue weighted by atomic mass is 10.00. The van der Waals surface area contributed by atoms with Gasteiger partial charge in [-0.3, -0.25) is 10.1 Å². The average Bonchev–Trinajstić information content (AvgIpc) is 1.96. The van der Waals surface area contributed by atoms with Gasteiger partial charge in [0.15, 0.2) is 0 Å². The summed E-state index contributed by atoms with van der Waals surface area (Å²) in [5.41, 5.74) is 0. The van der Waals surface area contributed by atoms with Crippen LogP contribution < -0.4 is 10.6 Å². The fourth-order valence-corrected chi connectivity index (χ4v) is 1.51. The Balaban J connectivity index is 2.61. The van der Waals surface area contributed by atoms with E-state index in [2.05, 4.69) is 10.6 Å². The third-order valence-electron chi connectivity index (χ3n) is 2.48. The number of aliphatic carboxylic acids is 1. The zero-order chi connectivity index (χ0) is 9.30. The molecule has 1 aliphatic rings. The Morgan fingerprint density at radius 2 is 1.58 bits per heavy atom. The number of nitrogens with one attached hydrogen (secondary N) is 2. The summed E-state index contributed by atoms with van der Waals surface area (Å²) in [4.78, 5) is 10.7. The molecule has 4 nitrogen and oxygen atoms in total. The summed E-state index contributed by atoms with van der Waals surface area (Å²) in [5, 5.41) is 15.1. The molecule has 0 saturated carbocycles. The monoisotopic (exact) mass is 172 g/mol. The molecule has 4 heteroatoms. The molecule has 70 valence electrons. The van der Waals surface area contributed by atoms with Gasteiger partial charge in [-0.2, -0.15) is 0 Å². The largest absolute Gasteiger partial charge is 0.480 e. The van der Waals surface area contributed by atoms with Crippen molar-refractivity contribution in [2.24, 2.45) is 0 Å². The zero-order valence-electron chi connectivity index (χ0n) is 7.66. The van der Waals surface area contributed by atoms with E-state index in [-0.39, 0.29) is 12.1 Å². The first-order chi connectivity index (χ1) is 5.52. The molecule has 12 heavy (non-hydrogen) atoms. The zero-order valence-corrected chi connectivity index (χ0v) is 7.66. The predicted octanol–water partition coefficient (Wildman–Crippen LogP) is -0.202. The number of carbonyl (C=O) groups is 1. The number of hydrogen-bond donors (Lipinski definition) is 3. The Labute approximate surface area is 72.3 Å². The first-order valence-electron chi connectivity index (χ1n) is 4.27. The van der Waals surface area contributed by atoms with Gasteiger partial charge in [-0.15, -0.1) is 0 Å². The van der Waals surface area contributed by atoms with E-state index in [1.165, 1.54) is 0 Å². The van der Waals surface area contributed by atoms with E-state index in [9.17, 15) is 4.79 Å². The minimum Gasteiger partial charge on any atom is -0.480 e. The van der Waals surface area contributed by atoms with Crippen molar-refractivity contribution in [2.45, 2.75) is 44.9 Å². The molecular weight excluding hydrogens is 156 g/mol. The highest BCUT2D eigenvalue weighted by Crippen LogP contribution is 2.07. The lowest BCUT2D eigenvalue weighted by Crippen LogP contribution is -2.65. The lowest BCUT2D eigenvalue weighted by molar-refractivity contribution is -0.141. The van der Waals surface area contributed by atoms with Gasteiger partial charge in [-0.25, -0.2) is 0 Å². The molecule has 4 atom stereocenters. The van der Waals surface area contributed by atoms with Crippen LogP contribution in [0.25, 0.3) is 0 Å². The van der Waals surface area contributed by atoms with Crippen molar-refractivity contribution in [1.82, 2.24) is 10.6 Å². The molecule has 0 radical (unpaired) electrons. The van der Waals surface area contributed by atoms with Crippen molar-refractivity contribution in [3.63, 3.8) is 0 Å². The van der Waals surface area contributed by atoms with Crippen LogP contribution in [-0.2, 0) is 4.79 Å². The number of rotatable bonds is 1. The number of hydrogen-bond acceptors (Lipinski definition) is 3. The van der Waals surface area contributed by atoms with Crippen LogP contribution in [0.4, 0.5) is 0 Å². The Hall–Kier alpha value is -0.610. The number of piperazine rings is 1. The summed E-state index contributed by atoms with van der Waals surface area (Å²) in [5.74, 6) is -0.784. The van der Waals surface area contributed by atoms with E-state index in [4.69, 9.17) is 5.11 Å². The molecule has 0 aromatic carbocycles. The fraction of sp³-hybridized carbons (Fsp3) is 0.875. The van der Waals surface area contributed by atoms with Gasteiger partial charge >= 0.3 is 5.97 Å².